The topological polar surface area (TPSA) is 0 Å². The molecule has 0 rings (SSSR count). The Hall–Kier alpha value is 1.87. The van der Waals surface area contributed by atoms with Crippen molar-refractivity contribution in [3.8, 4) is 0 Å². The van der Waals surface area contributed by atoms with Gasteiger partial charge in [0, 0.05) is 11.3 Å². The summed E-state index contributed by atoms with van der Waals surface area (Å²) < 4.78 is 0. The molecule has 0 aliphatic rings. The Morgan fingerprint density at radius 1 is 0.778 bits per heavy atom. The van der Waals surface area contributed by atoms with E-state index in [0.29, 0.717) is 11.3 Å². The van der Waals surface area contributed by atoms with Gasteiger partial charge in [-0.25, -0.2) is 0 Å². The first-order chi connectivity index (χ1) is 7.81. The van der Waals surface area contributed by atoms with Gasteiger partial charge >= 0.3 is 29.6 Å². The van der Waals surface area contributed by atoms with Crippen molar-refractivity contribution in [1.29, 1.82) is 0 Å². The molecule has 0 amide bonds. The molecule has 106 valence electrons. The molecule has 18 heavy (non-hydrogen) atoms. The van der Waals surface area contributed by atoms with Gasteiger partial charge in [-0.1, -0.05) is 64.7 Å². The average molecular weight is 326 g/mol. The van der Waals surface area contributed by atoms with Crippen LogP contribution in [0, 0.1) is 0 Å². The summed E-state index contributed by atoms with van der Waals surface area (Å²) in [6.07, 6.45) is 14.6. The van der Waals surface area contributed by atoms with Gasteiger partial charge in [-0.05, 0) is 12.8 Å². The van der Waals surface area contributed by atoms with Crippen LogP contribution in [-0.2, 0) is 0 Å². The molecule has 1 atom stereocenters. The van der Waals surface area contributed by atoms with Gasteiger partial charge in [0.1, 0.15) is 0 Å². The molecule has 0 aromatic rings. The van der Waals surface area contributed by atoms with Crippen molar-refractivity contribution in [2.45, 2.75) is 82.9 Å². The first kappa shape index (κ1) is 24.9. The second-order valence-electron chi connectivity index (χ2n) is 4.69. The predicted octanol–water partition coefficient (Wildman–Crippen LogP) is 0.152. The SMILES string of the molecule is CCCCCCCCCCCC(Cl)CCCl.[Cl-].[Na+]. The molecule has 0 radical (unpaired) electrons. The van der Waals surface area contributed by atoms with Crippen LogP contribution in [0.1, 0.15) is 77.6 Å². The van der Waals surface area contributed by atoms with Crippen molar-refractivity contribution in [2.75, 3.05) is 5.88 Å². The molecule has 0 heterocycles. The van der Waals surface area contributed by atoms with E-state index in [1.54, 1.807) is 0 Å². The normalized spacial score (nSPS) is 11.5. The molecule has 0 aromatic heterocycles. The number of halogens is 3. The predicted molar refractivity (Wildman–Crippen MR) is 76.8 cm³/mol. The van der Waals surface area contributed by atoms with Crippen molar-refractivity contribution in [3.05, 3.63) is 0 Å². The van der Waals surface area contributed by atoms with Crippen molar-refractivity contribution in [2.24, 2.45) is 0 Å². The number of hydrogen-bond acceptors (Lipinski definition) is 0. The van der Waals surface area contributed by atoms with Gasteiger partial charge in [-0.3, -0.25) is 0 Å². The van der Waals surface area contributed by atoms with Crippen molar-refractivity contribution in [1.82, 2.24) is 0 Å². The van der Waals surface area contributed by atoms with E-state index in [2.05, 4.69) is 6.92 Å². The first-order valence-electron chi connectivity index (χ1n) is 7.01. The minimum atomic E-state index is 0. The molecule has 0 N–H and O–H groups in total. The summed E-state index contributed by atoms with van der Waals surface area (Å²) >= 11 is 11.7. The van der Waals surface area contributed by atoms with E-state index in [0.717, 1.165) is 12.8 Å². The minimum Gasteiger partial charge on any atom is -1.00 e. The van der Waals surface area contributed by atoms with Gasteiger partial charge in [0.05, 0.1) is 0 Å². The fourth-order valence-corrected chi connectivity index (χ4v) is 2.58. The van der Waals surface area contributed by atoms with Crippen LogP contribution in [0.4, 0.5) is 0 Å². The number of hydrogen-bond donors (Lipinski definition) is 0. The zero-order valence-corrected chi connectivity index (χ0v) is 16.5. The zero-order chi connectivity index (χ0) is 12.1. The summed E-state index contributed by atoms with van der Waals surface area (Å²) in [6, 6.07) is 0. The Morgan fingerprint density at radius 2 is 1.22 bits per heavy atom. The standard InChI is InChI=1S/C14H28Cl2.ClH.Na/c1-2-3-4-5-6-7-8-9-10-11-14(16)12-13-15;;/h14H,2-13H2,1H3;1H;/q;;+1/p-1. The molecule has 0 saturated heterocycles. The summed E-state index contributed by atoms with van der Waals surface area (Å²) in [5.74, 6) is 0.700. The summed E-state index contributed by atoms with van der Waals surface area (Å²) in [6.45, 7) is 2.27. The Labute approximate surface area is 153 Å². The fraction of sp³-hybridized carbons (Fsp3) is 1.00. The molecule has 0 saturated carbocycles. The number of alkyl halides is 2. The Balaban J connectivity index is -0.00000112. The van der Waals surface area contributed by atoms with E-state index in [9.17, 15) is 0 Å². The molecule has 1 unspecified atom stereocenters. The number of unbranched alkanes of at least 4 members (excludes halogenated alkanes) is 8. The summed E-state index contributed by atoms with van der Waals surface area (Å²) in [4.78, 5) is 0. The van der Waals surface area contributed by atoms with Crippen molar-refractivity contribution in [3.63, 3.8) is 0 Å². The molecule has 0 bridgehead atoms. The maximum absolute atomic E-state index is 6.09. The molecule has 0 fully saturated rings. The van der Waals surface area contributed by atoms with E-state index < -0.39 is 0 Å². The van der Waals surface area contributed by atoms with Crippen LogP contribution < -0.4 is 42.0 Å². The molecule has 0 aromatic carbocycles. The quantitative estimate of drug-likeness (QED) is 0.272. The van der Waals surface area contributed by atoms with Gasteiger partial charge in [-0.15, -0.1) is 23.2 Å². The van der Waals surface area contributed by atoms with Crippen molar-refractivity contribution >= 4 is 23.2 Å². The van der Waals surface area contributed by atoms with Gasteiger partial charge in [0.2, 0.25) is 0 Å². The van der Waals surface area contributed by atoms with Gasteiger partial charge in [0.25, 0.3) is 0 Å². The van der Waals surface area contributed by atoms with Crippen LogP contribution in [0.25, 0.3) is 0 Å². The summed E-state index contributed by atoms with van der Waals surface area (Å²) in [5, 5.41) is 0.307. The molecular formula is C14H28Cl3Na. The third-order valence-electron chi connectivity index (χ3n) is 3.04. The molecule has 0 aliphatic heterocycles. The zero-order valence-electron chi connectivity index (χ0n) is 12.2. The summed E-state index contributed by atoms with van der Waals surface area (Å²) in [7, 11) is 0. The minimum absolute atomic E-state index is 0. The first-order valence-corrected chi connectivity index (χ1v) is 7.98. The second kappa shape index (κ2) is 21.2. The van der Waals surface area contributed by atoms with Crippen LogP contribution in [0.3, 0.4) is 0 Å². The monoisotopic (exact) mass is 324 g/mol. The smallest absolute Gasteiger partial charge is 1.00 e. The Bertz CT molecular complexity index is 134. The van der Waals surface area contributed by atoms with E-state index in [1.165, 1.54) is 57.8 Å². The van der Waals surface area contributed by atoms with E-state index >= 15 is 0 Å². The van der Waals surface area contributed by atoms with E-state index in [4.69, 9.17) is 23.2 Å². The van der Waals surface area contributed by atoms with Crippen LogP contribution in [0.2, 0.25) is 0 Å². The Kier molecular flexibility index (Phi) is 29.2. The molecule has 4 heteroatoms. The average Bonchev–Trinajstić information content (AvgIpc) is 2.27. The van der Waals surface area contributed by atoms with Crippen LogP contribution >= 0.6 is 23.2 Å². The second-order valence-corrected chi connectivity index (χ2v) is 5.69. The van der Waals surface area contributed by atoms with Crippen molar-refractivity contribution < 1.29 is 42.0 Å². The van der Waals surface area contributed by atoms with Crippen LogP contribution in [0.15, 0.2) is 0 Å². The maximum atomic E-state index is 6.09. The van der Waals surface area contributed by atoms with E-state index in [-0.39, 0.29) is 42.0 Å². The molecule has 0 spiro atoms. The Morgan fingerprint density at radius 3 is 1.67 bits per heavy atom. The van der Waals surface area contributed by atoms with Gasteiger partial charge in [-0.2, -0.15) is 0 Å². The fourth-order valence-electron chi connectivity index (χ4n) is 1.94. The number of rotatable bonds is 12. The third-order valence-corrected chi connectivity index (χ3v) is 3.70. The third kappa shape index (κ3) is 20.2. The molecular weight excluding hydrogens is 298 g/mol. The largest absolute Gasteiger partial charge is 1.00 e. The van der Waals surface area contributed by atoms with Gasteiger partial charge < -0.3 is 12.4 Å². The molecule has 0 nitrogen and oxygen atoms in total. The maximum Gasteiger partial charge on any atom is 1.00 e. The molecule has 0 aliphatic carbocycles. The van der Waals surface area contributed by atoms with Crippen LogP contribution in [0.5, 0.6) is 0 Å². The van der Waals surface area contributed by atoms with Crippen LogP contribution in [-0.4, -0.2) is 11.3 Å². The summed E-state index contributed by atoms with van der Waals surface area (Å²) in [5.41, 5.74) is 0. The van der Waals surface area contributed by atoms with E-state index in [1.807, 2.05) is 0 Å². The van der Waals surface area contributed by atoms with Gasteiger partial charge in [0.15, 0.2) is 0 Å².